The third-order valence-electron chi connectivity index (χ3n) is 3.50. The van der Waals surface area contributed by atoms with E-state index in [1.54, 1.807) is 0 Å². The molecule has 1 saturated carbocycles. The van der Waals surface area contributed by atoms with Gasteiger partial charge in [-0.15, -0.1) is 0 Å². The molecule has 1 heteroatoms. The van der Waals surface area contributed by atoms with Crippen molar-refractivity contribution in [2.24, 2.45) is 5.92 Å². The van der Waals surface area contributed by atoms with Gasteiger partial charge in [0.05, 0.1) is 11.6 Å². The summed E-state index contributed by atoms with van der Waals surface area (Å²) in [7, 11) is 0. The predicted octanol–water partition coefficient (Wildman–Crippen LogP) is 3.85. The lowest BCUT2D eigenvalue weighted by Crippen LogP contribution is -2.10. The van der Waals surface area contributed by atoms with Crippen LogP contribution in [0.15, 0.2) is 24.3 Å². The van der Waals surface area contributed by atoms with Crippen molar-refractivity contribution in [1.29, 1.82) is 5.26 Å². The Labute approximate surface area is 91.7 Å². The van der Waals surface area contributed by atoms with Crippen LogP contribution >= 0.6 is 0 Å². The highest BCUT2D eigenvalue weighted by molar-refractivity contribution is 5.34. The number of hydrogen-bond acceptors (Lipinski definition) is 1. The molecule has 0 spiro atoms. The zero-order valence-electron chi connectivity index (χ0n) is 9.24. The van der Waals surface area contributed by atoms with Crippen LogP contribution < -0.4 is 0 Å². The highest BCUT2D eigenvalue weighted by Gasteiger charge is 2.19. The molecule has 0 N–H and O–H groups in total. The molecule has 1 aliphatic carbocycles. The molecule has 0 amide bonds. The van der Waals surface area contributed by atoms with Gasteiger partial charge in [-0.3, -0.25) is 0 Å². The molecule has 1 nitrogen and oxygen atoms in total. The summed E-state index contributed by atoms with van der Waals surface area (Å²) < 4.78 is 0. The van der Waals surface area contributed by atoms with Crippen molar-refractivity contribution in [1.82, 2.24) is 0 Å². The van der Waals surface area contributed by atoms with Crippen LogP contribution in [0.25, 0.3) is 0 Å². The maximum absolute atomic E-state index is 8.85. The van der Waals surface area contributed by atoms with Gasteiger partial charge in [0, 0.05) is 0 Å². The van der Waals surface area contributed by atoms with Crippen molar-refractivity contribution in [3.8, 4) is 6.07 Å². The van der Waals surface area contributed by atoms with E-state index in [1.807, 2.05) is 12.1 Å². The van der Waals surface area contributed by atoms with Gasteiger partial charge in [0.2, 0.25) is 0 Å². The minimum absolute atomic E-state index is 0.689. The van der Waals surface area contributed by atoms with E-state index in [0.29, 0.717) is 5.92 Å². The molecule has 0 aliphatic heterocycles. The fourth-order valence-electron chi connectivity index (χ4n) is 2.46. The van der Waals surface area contributed by atoms with Gasteiger partial charge >= 0.3 is 0 Å². The maximum Gasteiger partial charge on any atom is 0.0991 e. The van der Waals surface area contributed by atoms with E-state index in [9.17, 15) is 0 Å². The summed E-state index contributed by atoms with van der Waals surface area (Å²) in [6.45, 7) is 2.34. The van der Waals surface area contributed by atoms with Crippen LogP contribution in [-0.4, -0.2) is 0 Å². The van der Waals surface area contributed by atoms with Gasteiger partial charge in [0.25, 0.3) is 0 Å². The molecule has 0 heterocycles. The first-order valence-corrected chi connectivity index (χ1v) is 5.79. The smallest absolute Gasteiger partial charge is 0.0991 e. The second-order valence-electron chi connectivity index (χ2n) is 4.69. The Kier molecular flexibility index (Phi) is 3.06. The van der Waals surface area contributed by atoms with E-state index in [0.717, 1.165) is 11.5 Å². The predicted molar refractivity (Wildman–Crippen MR) is 61.5 cm³/mol. The van der Waals surface area contributed by atoms with E-state index in [-0.39, 0.29) is 0 Å². The summed E-state index contributed by atoms with van der Waals surface area (Å²) in [4.78, 5) is 0. The molecule has 1 aliphatic rings. The van der Waals surface area contributed by atoms with Gasteiger partial charge in [-0.1, -0.05) is 31.9 Å². The van der Waals surface area contributed by atoms with Gasteiger partial charge in [0.15, 0.2) is 0 Å². The summed E-state index contributed by atoms with van der Waals surface area (Å²) in [6, 6.07) is 10.3. The van der Waals surface area contributed by atoms with E-state index >= 15 is 0 Å². The van der Waals surface area contributed by atoms with Gasteiger partial charge in [0.1, 0.15) is 0 Å². The molecule has 1 aromatic rings. The highest BCUT2D eigenvalue weighted by Crippen LogP contribution is 2.35. The fourth-order valence-corrected chi connectivity index (χ4v) is 2.46. The van der Waals surface area contributed by atoms with Gasteiger partial charge < -0.3 is 0 Å². The monoisotopic (exact) mass is 199 g/mol. The summed E-state index contributed by atoms with van der Waals surface area (Å²) in [5.41, 5.74) is 2.16. The lowest BCUT2D eigenvalue weighted by Gasteiger charge is -2.26. The minimum atomic E-state index is 0.689. The normalized spacial score (nSPS) is 25.9. The second kappa shape index (κ2) is 4.49. The summed E-state index contributed by atoms with van der Waals surface area (Å²) >= 11 is 0. The Balaban J connectivity index is 2.12. The summed E-state index contributed by atoms with van der Waals surface area (Å²) in [6.07, 6.45) is 5.25. The molecule has 0 aromatic heterocycles. The molecule has 0 saturated heterocycles. The van der Waals surface area contributed by atoms with Crippen LogP contribution in [0, 0.1) is 17.2 Å². The van der Waals surface area contributed by atoms with Gasteiger partial charge in [-0.25, -0.2) is 0 Å². The molecule has 0 atom stereocenters. The molecule has 0 unspecified atom stereocenters. The van der Waals surface area contributed by atoms with Crippen molar-refractivity contribution in [2.75, 3.05) is 0 Å². The largest absolute Gasteiger partial charge is 0.192 e. The fraction of sp³-hybridized carbons (Fsp3) is 0.500. The van der Waals surface area contributed by atoms with Crippen molar-refractivity contribution in [3.63, 3.8) is 0 Å². The van der Waals surface area contributed by atoms with Crippen LogP contribution in [0.5, 0.6) is 0 Å². The topological polar surface area (TPSA) is 23.8 Å². The van der Waals surface area contributed by atoms with Crippen LogP contribution in [0.4, 0.5) is 0 Å². The third-order valence-corrected chi connectivity index (χ3v) is 3.50. The van der Waals surface area contributed by atoms with Crippen molar-refractivity contribution in [3.05, 3.63) is 35.4 Å². The average Bonchev–Trinajstić information content (AvgIpc) is 2.30. The number of rotatable bonds is 1. The number of hydrogen-bond donors (Lipinski definition) is 0. The third kappa shape index (κ3) is 2.39. The first-order chi connectivity index (χ1) is 7.29. The standard InChI is InChI=1S/C14H17N/c1-11-5-7-13(8-6-11)14-4-2-3-12(9-14)10-15/h2-4,9,11,13H,5-8H2,1H3/t11-,13-. The van der Waals surface area contributed by atoms with E-state index in [1.165, 1.54) is 31.2 Å². The van der Waals surface area contributed by atoms with E-state index in [2.05, 4.69) is 25.1 Å². The Morgan fingerprint density at radius 3 is 2.60 bits per heavy atom. The molecular weight excluding hydrogens is 182 g/mol. The molecule has 0 bridgehead atoms. The maximum atomic E-state index is 8.85. The minimum Gasteiger partial charge on any atom is -0.192 e. The Morgan fingerprint density at radius 2 is 1.93 bits per heavy atom. The van der Waals surface area contributed by atoms with Crippen LogP contribution in [0.1, 0.15) is 49.7 Å². The Hall–Kier alpha value is -1.29. The van der Waals surface area contributed by atoms with Crippen LogP contribution in [0.3, 0.4) is 0 Å². The number of nitriles is 1. The Morgan fingerprint density at radius 1 is 1.20 bits per heavy atom. The first-order valence-electron chi connectivity index (χ1n) is 5.79. The van der Waals surface area contributed by atoms with Crippen LogP contribution in [0.2, 0.25) is 0 Å². The van der Waals surface area contributed by atoms with Crippen molar-refractivity contribution < 1.29 is 0 Å². The highest BCUT2D eigenvalue weighted by atomic mass is 14.3. The lowest BCUT2D eigenvalue weighted by molar-refractivity contribution is 0.348. The zero-order chi connectivity index (χ0) is 10.7. The second-order valence-corrected chi connectivity index (χ2v) is 4.69. The van der Waals surface area contributed by atoms with Crippen LogP contribution in [-0.2, 0) is 0 Å². The SMILES string of the molecule is C[C@H]1CC[C@H](c2cccc(C#N)c2)CC1. The number of benzene rings is 1. The van der Waals surface area contributed by atoms with E-state index in [4.69, 9.17) is 5.26 Å². The lowest BCUT2D eigenvalue weighted by atomic mass is 9.79. The van der Waals surface area contributed by atoms with Gasteiger partial charge in [-0.2, -0.15) is 5.26 Å². The zero-order valence-corrected chi connectivity index (χ0v) is 9.24. The molecule has 1 aromatic carbocycles. The molecule has 0 radical (unpaired) electrons. The van der Waals surface area contributed by atoms with Crippen molar-refractivity contribution >= 4 is 0 Å². The van der Waals surface area contributed by atoms with Gasteiger partial charge in [-0.05, 0) is 42.4 Å². The average molecular weight is 199 g/mol. The summed E-state index contributed by atoms with van der Waals surface area (Å²) in [5, 5.41) is 8.85. The summed E-state index contributed by atoms with van der Waals surface area (Å²) in [5.74, 6) is 1.58. The molecule has 1 fully saturated rings. The number of nitrogens with zero attached hydrogens (tertiary/aromatic N) is 1. The first kappa shape index (κ1) is 10.2. The molecular formula is C14H17N. The quantitative estimate of drug-likeness (QED) is 0.674. The Bertz CT molecular complexity index is 367. The van der Waals surface area contributed by atoms with Crippen molar-refractivity contribution in [2.45, 2.75) is 38.5 Å². The molecule has 2 rings (SSSR count). The molecule has 78 valence electrons. The molecule has 15 heavy (non-hydrogen) atoms. The van der Waals surface area contributed by atoms with E-state index < -0.39 is 0 Å².